The first kappa shape index (κ1) is 23.2. The average molecular weight is 457 g/mol. The molecule has 0 aromatic rings. The summed E-state index contributed by atoms with van der Waals surface area (Å²) in [4.78, 5) is 24.4. The maximum Gasteiger partial charge on any atom is 0.511 e. The molecule has 1 saturated carbocycles. The molecule has 0 bridgehead atoms. The molecule has 2 heterocycles. The maximum atomic E-state index is 12.6. The number of carbonyl (C=O) groups is 2. The van der Waals surface area contributed by atoms with Crippen LogP contribution in [0.1, 0.15) is 32.1 Å². The number of fused-ring (bicyclic) bond motifs is 1. The molecule has 0 spiro atoms. The van der Waals surface area contributed by atoms with Crippen LogP contribution in [-0.4, -0.2) is 78.7 Å². The summed E-state index contributed by atoms with van der Waals surface area (Å²) in [5.41, 5.74) is -5.45. The fourth-order valence-corrected chi connectivity index (χ4v) is 5.82. The van der Waals surface area contributed by atoms with Gasteiger partial charge < -0.3 is 15.5 Å². The number of alkyl halides is 3. The number of hydrogen-bond donors (Lipinski definition) is 4. The van der Waals surface area contributed by atoms with Gasteiger partial charge in [-0.05, 0) is 56.4 Å². The molecule has 3 fully saturated rings. The van der Waals surface area contributed by atoms with Gasteiger partial charge in [-0.25, -0.2) is 13.1 Å². The molecule has 3 aliphatic rings. The van der Waals surface area contributed by atoms with Crippen LogP contribution in [-0.2, 0) is 19.6 Å². The van der Waals surface area contributed by atoms with Crippen LogP contribution in [0.25, 0.3) is 0 Å². The molecule has 172 valence electrons. The second kappa shape index (κ2) is 8.60. The molecule has 0 amide bonds. The van der Waals surface area contributed by atoms with Crippen molar-refractivity contribution in [3.05, 3.63) is 0 Å². The Balaban J connectivity index is 1.62. The van der Waals surface area contributed by atoms with Gasteiger partial charge in [0.15, 0.2) is 0 Å². The number of likely N-dealkylation sites (tertiary alicyclic amines) is 1. The maximum absolute atomic E-state index is 12.6. The third-order valence-corrected chi connectivity index (χ3v) is 7.77. The van der Waals surface area contributed by atoms with E-state index < -0.39 is 45.6 Å². The molecule has 4 N–H and O–H groups in total. The van der Waals surface area contributed by atoms with Crippen LogP contribution in [0.3, 0.4) is 0 Å². The number of nitrogens with zero attached hydrogens (tertiary/aromatic N) is 1. The van der Waals surface area contributed by atoms with Gasteiger partial charge in [0.05, 0.1) is 0 Å². The molecule has 0 aromatic heterocycles. The highest BCUT2D eigenvalue weighted by molar-refractivity contribution is 7.90. The smallest absolute Gasteiger partial charge is 0.480 e. The van der Waals surface area contributed by atoms with Crippen molar-refractivity contribution >= 4 is 22.0 Å². The van der Waals surface area contributed by atoms with Crippen LogP contribution in [0, 0.1) is 17.8 Å². The molecule has 2 aliphatic heterocycles. The zero-order valence-corrected chi connectivity index (χ0v) is 17.0. The van der Waals surface area contributed by atoms with E-state index in [0.717, 1.165) is 19.3 Å². The molecule has 2 saturated heterocycles. The van der Waals surface area contributed by atoms with Gasteiger partial charge in [-0.3, -0.25) is 14.5 Å². The number of carboxylic acid groups (broad SMARTS) is 2. The van der Waals surface area contributed by atoms with E-state index in [1.54, 1.807) is 4.72 Å². The van der Waals surface area contributed by atoms with E-state index in [-0.39, 0.29) is 24.8 Å². The van der Waals surface area contributed by atoms with Gasteiger partial charge in [-0.2, -0.15) is 13.2 Å². The second-order valence-electron chi connectivity index (χ2n) is 8.54. The summed E-state index contributed by atoms with van der Waals surface area (Å²) in [7, 11) is -5.55. The Morgan fingerprint density at radius 1 is 1.07 bits per heavy atom. The molecule has 1 aliphatic carbocycles. The Kier molecular flexibility index (Phi) is 6.65. The predicted octanol–water partition coefficient (Wildman–Crippen LogP) is 0.432. The topological polar surface area (TPSA) is 136 Å². The van der Waals surface area contributed by atoms with Gasteiger partial charge in [-0.15, -0.1) is 0 Å². The van der Waals surface area contributed by atoms with Crippen molar-refractivity contribution in [1.82, 2.24) is 14.9 Å². The average Bonchev–Trinajstić information content (AvgIpc) is 3.01. The van der Waals surface area contributed by atoms with E-state index in [9.17, 15) is 41.4 Å². The quantitative estimate of drug-likeness (QED) is 0.451. The summed E-state index contributed by atoms with van der Waals surface area (Å²) >= 11 is 0. The molecular weight excluding hydrogens is 431 g/mol. The Morgan fingerprint density at radius 3 is 2.37 bits per heavy atom. The van der Waals surface area contributed by atoms with Crippen LogP contribution in [0.2, 0.25) is 0 Å². The van der Waals surface area contributed by atoms with Crippen molar-refractivity contribution in [1.29, 1.82) is 0 Å². The van der Waals surface area contributed by atoms with Crippen LogP contribution < -0.4 is 10.0 Å². The van der Waals surface area contributed by atoms with Crippen molar-refractivity contribution in [3.63, 3.8) is 0 Å². The first-order chi connectivity index (χ1) is 13.9. The van der Waals surface area contributed by atoms with E-state index in [4.69, 9.17) is 0 Å². The minimum atomic E-state index is -5.55. The molecule has 6 atom stereocenters. The molecule has 0 aromatic carbocycles. The summed E-state index contributed by atoms with van der Waals surface area (Å²) in [5, 5.41) is 21.7. The summed E-state index contributed by atoms with van der Waals surface area (Å²) < 4.78 is 62.2. The summed E-state index contributed by atoms with van der Waals surface area (Å²) in [6, 6.07) is -2.81. The number of hydrogen-bond acceptors (Lipinski definition) is 6. The molecule has 0 radical (unpaired) electrons. The van der Waals surface area contributed by atoms with E-state index in [0.29, 0.717) is 25.4 Å². The third-order valence-electron chi connectivity index (χ3n) is 6.52. The Morgan fingerprint density at radius 2 is 1.77 bits per heavy atom. The van der Waals surface area contributed by atoms with Crippen molar-refractivity contribution in [2.24, 2.45) is 17.8 Å². The lowest BCUT2D eigenvalue weighted by Gasteiger charge is -2.42. The zero-order valence-electron chi connectivity index (χ0n) is 16.1. The number of sulfonamides is 1. The summed E-state index contributed by atoms with van der Waals surface area (Å²) in [6.07, 6.45) is 2.64. The van der Waals surface area contributed by atoms with Gasteiger partial charge in [-0.1, -0.05) is 0 Å². The highest BCUT2D eigenvalue weighted by atomic mass is 32.2. The monoisotopic (exact) mass is 457 g/mol. The molecule has 3 rings (SSSR count). The van der Waals surface area contributed by atoms with Gasteiger partial charge in [0.1, 0.15) is 12.1 Å². The van der Waals surface area contributed by atoms with Crippen LogP contribution in [0.5, 0.6) is 0 Å². The SMILES string of the molecule is O=C(O)[C@@H]1C[C@H]2C[C@@H](CN3C[C@@H](NS(=O)(=O)C(F)(F)F)C[C@H]3C(=O)O)CC[C@H]2CN1. The zero-order chi connectivity index (χ0) is 22.3. The summed E-state index contributed by atoms with van der Waals surface area (Å²) in [6.45, 7) is 0.836. The molecule has 13 heteroatoms. The van der Waals surface area contributed by atoms with E-state index >= 15 is 0 Å². The number of piperidine rings is 1. The van der Waals surface area contributed by atoms with Crippen molar-refractivity contribution < 1.29 is 41.4 Å². The third kappa shape index (κ3) is 5.06. The Hall–Kier alpha value is -1.44. The Bertz CT molecular complexity index is 777. The number of carboxylic acids is 2. The fourth-order valence-electron chi connectivity index (χ4n) is 5.08. The number of aliphatic carboxylic acids is 2. The molecule has 9 nitrogen and oxygen atoms in total. The predicted molar refractivity (Wildman–Crippen MR) is 97.9 cm³/mol. The Labute approximate surface area is 172 Å². The van der Waals surface area contributed by atoms with E-state index in [1.165, 1.54) is 4.90 Å². The second-order valence-corrected chi connectivity index (χ2v) is 10.2. The van der Waals surface area contributed by atoms with Crippen LogP contribution in [0.15, 0.2) is 0 Å². The lowest BCUT2D eigenvalue weighted by molar-refractivity contribution is -0.143. The molecule has 30 heavy (non-hydrogen) atoms. The number of rotatable bonds is 6. The van der Waals surface area contributed by atoms with Crippen LogP contribution >= 0.6 is 0 Å². The minimum Gasteiger partial charge on any atom is -0.480 e. The van der Waals surface area contributed by atoms with E-state index in [1.807, 2.05) is 0 Å². The largest absolute Gasteiger partial charge is 0.511 e. The first-order valence-corrected chi connectivity index (χ1v) is 11.4. The highest BCUT2D eigenvalue weighted by Crippen LogP contribution is 2.39. The normalized spacial score (nSPS) is 35.7. The van der Waals surface area contributed by atoms with Crippen molar-refractivity contribution in [3.8, 4) is 0 Å². The summed E-state index contributed by atoms with van der Waals surface area (Å²) in [5.74, 6) is -1.47. The lowest BCUT2D eigenvalue weighted by Crippen LogP contribution is -2.50. The van der Waals surface area contributed by atoms with Gasteiger partial charge in [0.25, 0.3) is 0 Å². The minimum absolute atomic E-state index is 0.0821. The van der Waals surface area contributed by atoms with Crippen molar-refractivity contribution in [2.45, 2.75) is 55.7 Å². The first-order valence-electron chi connectivity index (χ1n) is 9.89. The van der Waals surface area contributed by atoms with Gasteiger partial charge >= 0.3 is 27.5 Å². The van der Waals surface area contributed by atoms with Crippen molar-refractivity contribution in [2.75, 3.05) is 19.6 Å². The molecular formula is C17H26F3N3O6S. The number of halogens is 3. The van der Waals surface area contributed by atoms with Crippen LogP contribution in [0.4, 0.5) is 13.2 Å². The number of nitrogens with one attached hydrogen (secondary N) is 2. The fraction of sp³-hybridized carbons (Fsp3) is 0.882. The lowest BCUT2D eigenvalue weighted by atomic mass is 9.69. The van der Waals surface area contributed by atoms with E-state index in [2.05, 4.69) is 5.32 Å². The standard InChI is InChI=1S/C17H26F3N3O6S/c18-17(19,20)30(28,29)22-12-5-14(16(26)27)23(8-12)7-9-1-2-10-6-21-13(15(24)25)4-11(10)3-9/h9-14,21-22H,1-8H2,(H,24,25)(H,26,27)/t9-,10-,11+,12-,13-,14-/m0/s1. The van der Waals surface area contributed by atoms with Gasteiger partial charge in [0.2, 0.25) is 0 Å². The molecule has 0 unspecified atom stereocenters. The van der Waals surface area contributed by atoms with Gasteiger partial charge in [0, 0.05) is 19.1 Å². The highest BCUT2D eigenvalue weighted by Gasteiger charge is 2.49.